The van der Waals surface area contributed by atoms with Gasteiger partial charge in [-0.2, -0.15) is 0 Å². The first kappa shape index (κ1) is 19.6. The Hall–Kier alpha value is -2.18. The highest BCUT2D eigenvalue weighted by molar-refractivity contribution is 7.90. The zero-order valence-electron chi connectivity index (χ0n) is 15.6. The molecule has 2 aromatic carbocycles. The van der Waals surface area contributed by atoms with E-state index in [4.69, 9.17) is 5.73 Å². The van der Waals surface area contributed by atoms with Crippen molar-refractivity contribution in [3.8, 4) is 0 Å². The Bertz CT molecular complexity index is 885. The number of nitrogens with zero attached hydrogens (tertiary/aromatic N) is 1. The molecule has 5 nitrogen and oxygen atoms in total. The number of piperidine rings is 1. The smallest absolute Gasteiger partial charge is 0.218 e. The number of benzene rings is 2. The second kappa shape index (κ2) is 7.82. The van der Waals surface area contributed by atoms with E-state index >= 15 is 0 Å². The minimum atomic E-state index is -3.21. The SMILES string of the molecule is CS(=O)(=O)c1ccc(C2(c3ccccc3)CCN(CCC(N)=O)CC2)cc1. The average molecular weight is 387 g/mol. The molecule has 0 unspecified atom stereocenters. The maximum absolute atomic E-state index is 11.8. The maximum atomic E-state index is 11.8. The summed E-state index contributed by atoms with van der Waals surface area (Å²) in [6.07, 6.45) is 3.43. The molecule has 0 atom stereocenters. The maximum Gasteiger partial charge on any atom is 0.218 e. The molecule has 1 heterocycles. The fourth-order valence-electron chi connectivity index (χ4n) is 3.95. The van der Waals surface area contributed by atoms with E-state index in [9.17, 15) is 13.2 Å². The van der Waals surface area contributed by atoms with Gasteiger partial charge in [0.1, 0.15) is 0 Å². The quantitative estimate of drug-likeness (QED) is 0.826. The third-order valence-electron chi connectivity index (χ3n) is 5.55. The van der Waals surface area contributed by atoms with Crippen molar-refractivity contribution in [1.82, 2.24) is 4.90 Å². The summed E-state index contributed by atoms with van der Waals surface area (Å²) in [6.45, 7) is 2.43. The zero-order chi connectivity index (χ0) is 19.5. The molecule has 27 heavy (non-hydrogen) atoms. The fraction of sp³-hybridized carbons (Fsp3) is 0.381. The number of hydrogen-bond acceptors (Lipinski definition) is 4. The molecule has 0 radical (unpaired) electrons. The van der Waals surface area contributed by atoms with Crippen LogP contribution in [0.2, 0.25) is 0 Å². The molecular weight excluding hydrogens is 360 g/mol. The van der Waals surface area contributed by atoms with Gasteiger partial charge in [0.2, 0.25) is 5.91 Å². The van der Waals surface area contributed by atoms with E-state index in [1.807, 2.05) is 30.3 Å². The number of primary amides is 1. The van der Waals surface area contributed by atoms with Gasteiger partial charge in [0.25, 0.3) is 0 Å². The van der Waals surface area contributed by atoms with E-state index in [0.29, 0.717) is 17.9 Å². The summed E-state index contributed by atoms with van der Waals surface area (Å²) in [7, 11) is -3.21. The number of rotatable bonds is 6. The summed E-state index contributed by atoms with van der Waals surface area (Å²) in [5.74, 6) is -0.272. The van der Waals surface area contributed by atoms with E-state index in [1.54, 1.807) is 12.1 Å². The number of sulfone groups is 1. The van der Waals surface area contributed by atoms with Crippen molar-refractivity contribution in [2.45, 2.75) is 29.6 Å². The van der Waals surface area contributed by atoms with Gasteiger partial charge >= 0.3 is 0 Å². The van der Waals surface area contributed by atoms with Crippen molar-refractivity contribution in [2.75, 3.05) is 25.9 Å². The monoisotopic (exact) mass is 386 g/mol. The van der Waals surface area contributed by atoms with Crippen LogP contribution < -0.4 is 5.73 Å². The van der Waals surface area contributed by atoms with E-state index < -0.39 is 9.84 Å². The number of amides is 1. The van der Waals surface area contributed by atoms with Gasteiger partial charge in [-0.3, -0.25) is 4.79 Å². The number of likely N-dealkylation sites (tertiary alicyclic amines) is 1. The summed E-state index contributed by atoms with van der Waals surface area (Å²) < 4.78 is 23.6. The van der Waals surface area contributed by atoms with Crippen molar-refractivity contribution >= 4 is 15.7 Å². The zero-order valence-corrected chi connectivity index (χ0v) is 16.4. The van der Waals surface area contributed by atoms with Crippen LogP contribution in [0.25, 0.3) is 0 Å². The summed E-state index contributed by atoms with van der Waals surface area (Å²) in [6, 6.07) is 17.7. The van der Waals surface area contributed by atoms with Crippen LogP contribution in [0.1, 0.15) is 30.4 Å². The highest BCUT2D eigenvalue weighted by Gasteiger charge is 2.37. The van der Waals surface area contributed by atoms with Crippen molar-refractivity contribution in [3.05, 3.63) is 65.7 Å². The lowest BCUT2D eigenvalue weighted by Crippen LogP contribution is -2.44. The lowest BCUT2D eigenvalue weighted by atomic mass is 9.68. The molecule has 2 N–H and O–H groups in total. The van der Waals surface area contributed by atoms with Gasteiger partial charge in [0, 0.05) is 24.6 Å². The molecule has 1 aliphatic rings. The molecule has 0 aromatic heterocycles. The molecule has 0 aliphatic carbocycles. The first-order valence-electron chi connectivity index (χ1n) is 9.18. The summed E-state index contributed by atoms with van der Waals surface area (Å²) in [4.78, 5) is 13.7. The van der Waals surface area contributed by atoms with E-state index in [-0.39, 0.29) is 11.3 Å². The van der Waals surface area contributed by atoms with E-state index in [0.717, 1.165) is 31.5 Å². The van der Waals surface area contributed by atoms with E-state index in [1.165, 1.54) is 11.8 Å². The highest BCUT2D eigenvalue weighted by atomic mass is 32.2. The van der Waals surface area contributed by atoms with Crippen LogP contribution in [-0.2, 0) is 20.0 Å². The number of nitrogens with two attached hydrogens (primary N) is 1. The minimum Gasteiger partial charge on any atom is -0.370 e. The minimum absolute atomic E-state index is 0.152. The normalized spacial score (nSPS) is 17.5. The van der Waals surface area contributed by atoms with Gasteiger partial charge in [-0.15, -0.1) is 0 Å². The van der Waals surface area contributed by atoms with Crippen LogP contribution in [0, 0.1) is 0 Å². The van der Waals surface area contributed by atoms with Gasteiger partial charge in [-0.25, -0.2) is 8.42 Å². The third kappa shape index (κ3) is 4.39. The fourth-order valence-corrected chi connectivity index (χ4v) is 4.58. The molecule has 0 spiro atoms. The second-order valence-electron chi connectivity index (χ2n) is 7.30. The van der Waals surface area contributed by atoms with Gasteiger partial charge < -0.3 is 10.6 Å². The van der Waals surface area contributed by atoms with Crippen LogP contribution in [0.15, 0.2) is 59.5 Å². The molecule has 144 valence electrons. The Morgan fingerprint density at radius 1 is 1.00 bits per heavy atom. The molecule has 1 saturated heterocycles. The summed E-state index contributed by atoms with van der Waals surface area (Å²) >= 11 is 0. The molecule has 0 saturated carbocycles. The summed E-state index contributed by atoms with van der Waals surface area (Å²) in [5.41, 5.74) is 7.50. The first-order valence-corrected chi connectivity index (χ1v) is 11.1. The Balaban J connectivity index is 1.90. The molecule has 3 rings (SSSR count). The second-order valence-corrected chi connectivity index (χ2v) is 9.32. The number of carbonyl (C=O) groups is 1. The van der Waals surface area contributed by atoms with Gasteiger partial charge in [0.05, 0.1) is 4.90 Å². The van der Waals surface area contributed by atoms with Crippen molar-refractivity contribution in [2.24, 2.45) is 5.73 Å². The predicted molar refractivity (Wildman–Crippen MR) is 106 cm³/mol. The molecule has 1 fully saturated rings. The average Bonchev–Trinajstić information content (AvgIpc) is 2.67. The van der Waals surface area contributed by atoms with Crippen LogP contribution in [0.4, 0.5) is 0 Å². The Labute approximate surface area is 161 Å². The van der Waals surface area contributed by atoms with Crippen molar-refractivity contribution in [3.63, 3.8) is 0 Å². The molecule has 6 heteroatoms. The molecule has 0 bridgehead atoms. The third-order valence-corrected chi connectivity index (χ3v) is 6.67. The Kier molecular flexibility index (Phi) is 5.67. The van der Waals surface area contributed by atoms with Gasteiger partial charge in [0.15, 0.2) is 9.84 Å². The van der Waals surface area contributed by atoms with Crippen LogP contribution >= 0.6 is 0 Å². The topological polar surface area (TPSA) is 80.5 Å². The summed E-state index contributed by atoms with van der Waals surface area (Å²) in [5, 5.41) is 0. The molecular formula is C21H26N2O3S. The van der Waals surface area contributed by atoms with Crippen LogP contribution in [0.5, 0.6) is 0 Å². The number of hydrogen-bond donors (Lipinski definition) is 1. The van der Waals surface area contributed by atoms with Crippen LogP contribution in [-0.4, -0.2) is 45.1 Å². The largest absolute Gasteiger partial charge is 0.370 e. The standard InChI is InChI=1S/C21H26N2O3S/c1-27(25,26)19-9-7-18(8-10-19)21(17-5-3-2-4-6-17)12-15-23(16-13-21)14-11-20(22)24/h2-10H,11-16H2,1H3,(H2,22,24). The van der Waals surface area contributed by atoms with Gasteiger partial charge in [-0.1, -0.05) is 42.5 Å². The van der Waals surface area contributed by atoms with Crippen LogP contribution in [0.3, 0.4) is 0 Å². The number of carbonyl (C=O) groups excluding carboxylic acids is 1. The molecule has 2 aromatic rings. The molecule has 1 aliphatic heterocycles. The Morgan fingerprint density at radius 2 is 1.56 bits per heavy atom. The lowest BCUT2D eigenvalue weighted by Gasteiger charge is -2.43. The van der Waals surface area contributed by atoms with E-state index in [2.05, 4.69) is 17.0 Å². The van der Waals surface area contributed by atoms with Crippen molar-refractivity contribution < 1.29 is 13.2 Å². The lowest BCUT2D eigenvalue weighted by molar-refractivity contribution is -0.118. The molecule has 1 amide bonds. The Morgan fingerprint density at radius 3 is 2.07 bits per heavy atom. The van der Waals surface area contributed by atoms with Crippen molar-refractivity contribution in [1.29, 1.82) is 0 Å². The van der Waals surface area contributed by atoms with Gasteiger partial charge in [-0.05, 0) is 49.2 Å². The highest BCUT2D eigenvalue weighted by Crippen LogP contribution is 2.42. The predicted octanol–water partition coefficient (Wildman–Crippen LogP) is 2.35. The first-order chi connectivity index (χ1) is 12.8.